The van der Waals surface area contributed by atoms with Gasteiger partial charge in [0.05, 0.1) is 0 Å². The van der Waals surface area contributed by atoms with E-state index in [0.717, 1.165) is 0 Å². The van der Waals surface area contributed by atoms with Crippen LogP contribution in [0, 0.1) is 0 Å². The van der Waals surface area contributed by atoms with Gasteiger partial charge in [-0.3, -0.25) is 4.79 Å². The van der Waals surface area contributed by atoms with Crippen molar-refractivity contribution >= 4 is 6.47 Å². The van der Waals surface area contributed by atoms with Gasteiger partial charge in [0.2, 0.25) is 0 Å². The summed E-state index contributed by atoms with van der Waals surface area (Å²) in [7, 11) is 0. The van der Waals surface area contributed by atoms with Crippen LogP contribution in [0.4, 0.5) is 0 Å². The number of ether oxygens (including phenoxy) is 2. The number of hydrogen-bond donors (Lipinski definition) is 0. The zero-order valence-corrected chi connectivity index (χ0v) is 8.61. The van der Waals surface area contributed by atoms with E-state index in [4.69, 9.17) is 9.47 Å². The number of rotatable bonds is 3. The summed E-state index contributed by atoms with van der Waals surface area (Å²) in [4.78, 5) is 10.1. The first-order valence-corrected chi connectivity index (χ1v) is 4.41. The van der Waals surface area contributed by atoms with Crippen molar-refractivity contribution in [2.45, 2.75) is 26.4 Å². The Morgan fingerprint density at radius 2 is 1.86 bits per heavy atom. The summed E-state index contributed by atoms with van der Waals surface area (Å²) >= 11 is 0. The molecule has 3 heteroatoms. The van der Waals surface area contributed by atoms with Crippen molar-refractivity contribution in [2.75, 3.05) is 0 Å². The Hall–Kier alpha value is -1.51. The Bertz CT molecular complexity index is 313. The fourth-order valence-electron chi connectivity index (χ4n) is 1.02. The molecule has 0 saturated carbocycles. The predicted octanol–water partition coefficient (Wildman–Crippen LogP) is 2.40. The van der Waals surface area contributed by atoms with Crippen LogP contribution < -0.4 is 9.47 Å². The van der Waals surface area contributed by atoms with Gasteiger partial charge in [-0.2, -0.15) is 0 Å². The molecule has 0 atom stereocenters. The molecule has 76 valence electrons. The van der Waals surface area contributed by atoms with Crippen LogP contribution in [-0.4, -0.2) is 12.1 Å². The minimum absolute atomic E-state index is 0.250. The lowest BCUT2D eigenvalue weighted by Crippen LogP contribution is -2.22. The monoisotopic (exact) mass is 194 g/mol. The molecular weight excluding hydrogens is 180 g/mol. The van der Waals surface area contributed by atoms with Crippen molar-refractivity contribution in [3.8, 4) is 11.5 Å². The van der Waals surface area contributed by atoms with E-state index < -0.39 is 0 Å². The zero-order chi connectivity index (χ0) is 10.6. The van der Waals surface area contributed by atoms with Crippen LogP contribution in [0.15, 0.2) is 24.3 Å². The lowest BCUT2D eigenvalue weighted by atomic mass is 10.2. The molecule has 0 fully saturated rings. The Morgan fingerprint density at radius 3 is 2.43 bits per heavy atom. The molecule has 1 aromatic carbocycles. The van der Waals surface area contributed by atoms with Crippen LogP contribution in [0.2, 0.25) is 0 Å². The molecule has 0 heterocycles. The molecule has 0 unspecified atom stereocenters. The van der Waals surface area contributed by atoms with Gasteiger partial charge in [-0.25, -0.2) is 0 Å². The number of carbonyl (C=O) groups is 1. The van der Waals surface area contributed by atoms with Crippen molar-refractivity contribution in [3.63, 3.8) is 0 Å². The molecule has 0 amide bonds. The summed E-state index contributed by atoms with van der Waals surface area (Å²) in [5, 5.41) is 0. The first-order valence-electron chi connectivity index (χ1n) is 4.41. The first kappa shape index (κ1) is 10.6. The lowest BCUT2D eigenvalue weighted by Gasteiger charge is -2.21. The SMILES string of the molecule is CC(C)(C)Oc1cccc(OC=O)c1. The van der Waals surface area contributed by atoms with Gasteiger partial charge >= 0.3 is 0 Å². The number of carbonyl (C=O) groups excluding carboxylic acids is 1. The average Bonchev–Trinajstić information content (AvgIpc) is 2.02. The molecule has 0 aliphatic rings. The Labute approximate surface area is 83.6 Å². The highest BCUT2D eigenvalue weighted by Gasteiger charge is 2.11. The second-order valence-electron chi connectivity index (χ2n) is 3.90. The Kier molecular flexibility index (Phi) is 3.12. The van der Waals surface area contributed by atoms with Gasteiger partial charge in [0.25, 0.3) is 6.47 Å². The van der Waals surface area contributed by atoms with Crippen LogP contribution in [-0.2, 0) is 4.79 Å². The average molecular weight is 194 g/mol. The molecular formula is C11H14O3. The summed E-state index contributed by atoms with van der Waals surface area (Å²) in [6.45, 7) is 6.27. The smallest absolute Gasteiger partial charge is 0.298 e. The third-order valence-electron chi connectivity index (χ3n) is 1.41. The summed E-state index contributed by atoms with van der Waals surface area (Å²) in [6, 6.07) is 6.98. The van der Waals surface area contributed by atoms with E-state index in [0.29, 0.717) is 18.0 Å². The largest absolute Gasteiger partial charge is 0.488 e. The Balaban J connectivity index is 2.78. The molecule has 1 aromatic rings. The molecule has 0 saturated heterocycles. The first-order chi connectivity index (χ1) is 6.51. The molecule has 3 nitrogen and oxygen atoms in total. The molecule has 0 spiro atoms. The van der Waals surface area contributed by atoms with Crippen LogP contribution in [0.25, 0.3) is 0 Å². The van der Waals surface area contributed by atoms with Gasteiger partial charge in [0.15, 0.2) is 0 Å². The normalized spacial score (nSPS) is 10.8. The van der Waals surface area contributed by atoms with E-state index in [1.54, 1.807) is 18.2 Å². The van der Waals surface area contributed by atoms with E-state index in [1.807, 2.05) is 26.8 Å². The summed E-state index contributed by atoms with van der Waals surface area (Å²) in [5.74, 6) is 1.18. The number of hydrogen-bond acceptors (Lipinski definition) is 3. The van der Waals surface area contributed by atoms with Crippen LogP contribution in [0.1, 0.15) is 20.8 Å². The van der Waals surface area contributed by atoms with E-state index >= 15 is 0 Å². The van der Waals surface area contributed by atoms with E-state index in [1.165, 1.54) is 0 Å². The Morgan fingerprint density at radius 1 is 1.21 bits per heavy atom. The highest BCUT2D eigenvalue weighted by atomic mass is 16.5. The second-order valence-corrected chi connectivity index (χ2v) is 3.90. The highest BCUT2D eigenvalue weighted by molar-refractivity contribution is 5.46. The quantitative estimate of drug-likeness (QED) is 0.693. The second kappa shape index (κ2) is 4.13. The minimum atomic E-state index is -0.250. The summed E-state index contributed by atoms with van der Waals surface area (Å²) < 4.78 is 10.3. The molecule has 0 aliphatic carbocycles. The highest BCUT2D eigenvalue weighted by Crippen LogP contribution is 2.22. The summed E-state index contributed by atoms with van der Waals surface area (Å²) in [6.07, 6.45) is 0. The third kappa shape index (κ3) is 3.47. The topological polar surface area (TPSA) is 35.5 Å². The van der Waals surface area contributed by atoms with E-state index in [-0.39, 0.29) is 5.60 Å². The maximum Gasteiger partial charge on any atom is 0.298 e. The van der Waals surface area contributed by atoms with Crippen molar-refractivity contribution in [1.82, 2.24) is 0 Å². The maximum absolute atomic E-state index is 10.1. The van der Waals surface area contributed by atoms with Crippen LogP contribution in [0.5, 0.6) is 11.5 Å². The number of benzene rings is 1. The molecule has 0 bridgehead atoms. The van der Waals surface area contributed by atoms with Gasteiger partial charge in [0, 0.05) is 6.07 Å². The molecule has 14 heavy (non-hydrogen) atoms. The van der Waals surface area contributed by atoms with Crippen molar-refractivity contribution in [1.29, 1.82) is 0 Å². The third-order valence-corrected chi connectivity index (χ3v) is 1.41. The lowest BCUT2D eigenvalue weighted by molar-refractivity contribution is -0.120. The standard InChI is InChI=1S/C11H14O3/c1-11(2,3)14-10-6-4-5-9(7-10)13-8-12/h4-8H,1-3H3. The fourth-order valence-corrected chi connectivity index (χ4v) is 1.02. The van der Waals surface area contributed by atoms with Crippen LogP contribution in [0.3, 0.4) is 0 Å². The van der Waals surface area contributed by atoms with Crippen molar-refractivity contribution < 1.29 is 14.3 Å². The van der Waals surface area contributed by atoms with E-state index in [9.17, 15) is 4.79 Å². The molecule has 0 radical (unpaired) electrons. The summed E-state index contributed by atoms with van der Waals surface area (Å²) in [5.41, 5.74) is -0.250. The molecule has 0 N–H and O–H groups in total. The van der Waals surface area contributed by atoms with Gasteiger partial charge < -0.3 is 9.47 Å². The van der Waals surface area contributed by atoms with Gasteiger partial charge in [-0.05, 0) is 32.9 Å². The molecule has 1 rings (SSSR count). The molecule has 0 aliphatic heterocycles. The molecule has 0 aromatic heterocycles. The zero-order valence-electron chi connectivity index (χ0n) is 8.61. The van der Waals surface area contributed by atoms with E-state index in [2.05, 4.69) is 0 Å². The fraction of sp³-hybridized carbons (Fsp3) is 0.364. The van der Waals surface area contributed by atoms with Gasteiger partial charge in [0.1, 0.15) is 17.1 Å². The van der Waals surface area contributed by atoms with Gasteiger partial charge in [-0.1, -0.05) is 6.07 Å². The minimum Gasteiger partial charge on any atom is -0.488 e. The van der Waals surface area contributed by atoms with Crippen LogP contribution >= 0.6 is 0 Å². The maximum atomic E-state index is 10.1. The van der Waals surface area contributed by atoms with Gasteiger partial charge in [-0.15, -0.1) is 0 Å². The predicted molar refractivity (Wildman–Crippen MR) is 53.5 cm³/mol. The van der Waals surface area contributed by atoms with Crippen molar-refractivity contribution in [2.24, 2.45) is 0 Å². The van der Waals surface area contributed by atoms with Crippen molar-refractivity contribution in [3.05, 3.63) is 24.3 Å².